The molecule has 4 rings (SSSR count). The Morgan fingerprint density at radius 3 is 2.62 bits per heavy atom. The van der Waals surface area contributed by atoms with Gasteiger partial charge in [-0.15, -0.1) is 0 Å². The first-order valence-electron chi connectivity index (χ1n) is 9.22. The highest BCUT2D eigenvalue weighted by atomic mass is 16.5. The summed E-state index contributed by atoms with van der Waals surface area (Å²) in [6.45, 7) is 4.38. The van der Waals surface area contributed by atoms with Gasteiger partial charge in [-0.05, 0) is 61.8 Å². The van der Waals surface area contributed by atoms with E-state index in [2.05, 4.69) is 4.90 Å². The first kappa shape index (κ1) is 16.9. The normalized spacial score (nSPS) is 18.6. The Morgan fingerprint density at radius 2 is 1.81 bits per heavy atom. The van der Waals surface area contributed by atoms with E-state index in [1.54, 1.807) is 0 Å². The lowest BCUT2D eigenvalue weighted by atomic mass is 9.98. The van der Waals surface area contributed by atoms with Crippen LogP contribution in [0, 0.1) is 0 Å². The predicted molar refractivity (Wildman–Crippen MR) is 102 cm³/mol. The molecule has 0 N–H and O–H groups in total. The fourth-order valence-electron chi connectivity index (χ4n) is 3.44. The van der Waals surface area contributed by atoms with Gasteiger partial charge in [0.05, 0.1) is 5.56 Å². The molecule has 1 fully saturated rings. The fourth-order valence-corrected chi connectivity index (χ4v) is 3.44. The molecule has 2 aliphatic rings. The van der Waals surface area contributed by atoms with Crippen LogP contribution in [-0.4, -0.2) is 43.5 Å². The van der Waals surface area contributed by atoms with Gasteiger partial charge in [-0.3, -0.25) is 9.69 Å². The molecule has 0 aromatic heterocycles. The molecule has 0 amide bonds. The number of ether oxygens (including phenoxy) is 2. The third-order valence-corrected chi connectivity index (χ3v) is 4.90. The maximum absolute atomic E-state index is 12.6. The van der Waals surface area contributed by atoms with Gasteiger partial charge in [0.15, 0.2) is 5.78 Å². The van der Waals surface area contributed by atoms with E-state index in [1.807, 2.05) is 54.6 Å². The number of carbonyl (C=O) groups excluding carboxylic acids is 1. The number of carbonyl (C=O) groups is 1. The maximum Gasteiger partial charge on any atom is 0.196 e. The lowest BCUT2D eigenvalue weighted by Gasteiger charge is -2.18. The number of fused-ring (bicyclic) bond motifs is 1. The Kier molecular flexibility index (Phi) is 5.02. The Balaban J connectivity index is 1.38. The molecule has 0 unspecified atom stereocenters. The van der Waals surface area contributed by atoms with E-state index in [0.717, 1.165) is 17.9 Å². The zero-order valence-corrected chi connectivity index (χ0v) is 14.8. The summed E-state index contributed by atoms with van der Waals surface area (Å²) < 4.78 is 11.5. The number of para-hydroxylation sites is 1. The third kappa shape index (κ3) is 3.81. The number of likely N-dealkylation sites (tertiary alicyclic amines) is 1. The van der Waals surface area contributed by atoms with Crippen molar-refractivity contribution in [2.45, 2.75) is 12.8 Å². The number of hydrogen-bond acceptors (Lipinski definition) is 4. The van der Waals surface area contributed by atoms with Gasteiger partial charge in [-0.2, -0.15) is 0 Å². The average molecular weight is 349 g/mol. The van der Waals surface area contributed by atoms with E-state index in [0.29, 0.717) is 30.1 Å². The molecule has 2 heterocycles. The smallest absolute Gasteiger partial charge is 0.196 e. The van der Waals surface area contributed by atoms with Crippen LogP contribution in [0.3, 0.4) is 0 Å². The molecule has 2 aromatic rings. The molecule has 0 atom stereocenters. The van der Waals surface area contributed by atoms with Crippen molar-refractivity contribution >= 4 is 11.9 Å². The molecule has 0 saturated carbocycles. The molecule has 0 bridgehead atoms. The number of nitrogens with zero attached hydrogens (tertiary/aromatic N) is 1. The molecule has 4 heteroatoms. The minimum Gasteiger partial charge on any atom is -0.492 e. The Labute approximate surface area is 154 Å². The van der Waals surface area contributed by atoms with E-state index in [4.69, 9.17) is 9.47 Å². The maximum atomic E-state index is 12.6. The van der Waals surface area contributed by atoms with Crippen molar-refractivity contribution in [2.75, 3.05) is 32.8 Å². The standard InChI is InChI=1S/C22H23NO3/c24-22-18(16-26-21-6-2-1-5-20(21)22)15-17-7-9-19(10-8-17)25-14-13-23-11-3-4-12-23/h1-2,5-10,15H,3-4,11-14,16H2. The first-order chi connectivity index (χ1) is 12.8. The number of hydrogen-bond donors (Lipinski definition) is 0. The van der Waals surface area contributed by atoms with Gasteiger partial charge in [0.25, 0.3) is 0 Å². The highest BCUT2D eigenvalue weighted by molar-refractivity contribution is 6.14. The van der Waals surface area contributed by atoms with Crippen LogP contribution in [0.15, 0.2) is 54.1 Å². The van der Waals surface area contributed by atoms with Crippen molar-refractivity contribution in [3.05, 3.63) is 65.2 Å². The summed E-state index contributed by atoms with van der Waals surface area (Å²) in [5.41, 5.74) is 2.28. The van der Waals surface area contributed by atoms with Gasteiger partial charge in [-0.25, -0.2) is 0 Å². The van der Waals surface area contributed by atoms with Gasteiger partial charge < -0.3 is 9.47 Å². The van der Waals surface area contributed by atoms with E-state index >= 15 is 0 Å². The molecular formula is C22H23NO3. The molecule has 0 spiro atoms. The minimum absolute atomic E-state index is 0.0396. The summed E-state index contributed by atoms with van der Waals surface area (Å²) in [7, 11) is 0. The zero-order valence-electron chi connectivity index (χ0n) is 14.8. The minimum atomic E-state index is 0.0396. The Morgan fingerprint density at radius 1 is 1.04 bits per heavy atom. The van der Waals surface area contributed by atoms with Crippen molar-refractivity contribution in [3.8, 4) is 11.5 Å². The van der Waals surface area contributed by atoms with Gasteiger partial charge in [-0.1, -0.05) is 24.3 Å². The summed E-state index contributed by atoms with van der Waals surface area (Å²) in [6.07, 6.45) is 4.50. The van der Waals surface area contributed by atoms with Crippen molar-refractivity contribution in [1.29, 1.82) is 0 Å². The molecular weight excluding hydrogens is 326 g/mol. The van der Waals surface area contributed by atoms with Crippen molar-refractivity contribution in [2.24, 2.45) is 0 Å². The first-order valence-corrected chi connectivity index (χ1v) is 9.22. The lowest BCUT2D eigenvalue weighted by Crippen LogP contribution is -2.25. The van der Waals surface area contributed by atoms with Crippen LogP contribution in [0.1, 0.15) is 28.8 Å². The zero-order chi connectivity index (χ0) is 17.8. The lowest BCUT2D eigenvalue weighted by molar-refractivity contribution is 0.100. The van der Waals surface area contributed by atoms with Crippen molar-refractivity contribution in [1.82, 2.24) is 4.90 Å². The molecule has 0 aliphatic carbocycles. The topological polar surface area (TPSA) is 38.8 Å². The number of ketones is 1. The van der Waals surface area contributed by atoms with E-state index in [9.17, 15) is 4.79 Å². The van der Waals surface area contributed by atoms with Crippen LogP contribution in [0.5, 0.6) is 11.5 Å². The van der Waals surface area contributed by atoms with Crippen LogP contribution in [-0.2, 0) is 0 Å². The van der Waals surface area contributed by atoms with Crippen LogP contribution in [0.2, 0.25) is 0 Å². The monoisotopic (exact) mass is 349 g/mol. The third-order valence-electron chi connectivity index (χ3n) is 4.90. The Bertz CT molecular complexity index is 804. The number of Topliss-reactive ketones (excluding diaryl/α,β-unsaturated/α-hetero) is 1. The Hall–Kier alpha value is -2.59. The van der Waals surface area contributed by atoms with Crippen LogP contribution in [0.4, 0.5) is 0 Å². The highest BCUT2D eigenvalue weighted by Gasteiger charge is 2.22. The summed E-state index contributed by atoms with van der Waals surface area (Å²) in [4.78, 5) is 15.0. The second kappa shape index (κ2) is 7.75. The molecule has 0 radical (unpaired) electrons. The fraction of sp³-hybridized carbons (Fsp3) is 0.318. The van der Waals surface area contributed by atoms with Crippen molar-refractivity contribution in [3.63, 3.8) is 0 Å². The molecule has 26 heavy (non-hydrogen) atoms. The average Bonchev–Trinajstić information content (AvgIpc) is 3.19. The molecule has 4 nitrogen and oxygen atoms in total. The van der Waals surface area contributed by atoms with E-state index in [1.165, 1.54) is 25.9 Å². The SMILES string of the molecule is O=C1C(=Cc2ccc(OCCN3CCCC3)cc2)COc2ccccc21. The summed E-state index contributed by atoms with van der Waals surface area (Å²) in [5, 5.41) is 0. The molecule has 1 saturated heterocycles. The highest BCUT2D eigenvalue weighted by Crippen LogP contribution is 2.27. The second-order valence-electron chi connectivity index (χ2n) is 6.75. The molecule has 134 valence electrons. The van der Waals surface area contributed by atoms with Crippen LogP contribution in [0.25, 0.3) is 6.08 Å². The molecule has 2 aromatic carbocycles. The summed E-state index contributed by atoms with van der Waals surface area (Å²) in [5.74, 6) is 1.57. The second-order valence-corrected chi connectivity index (χ2v) is 6.75. The van der Waals surface area contributed by atoms with Crippen LogP contribution >= 0.6 is 0 Å². The van der Waals surface area contributed by atoms with E-state index < -0.39 is 0 Å². The summed E-state index contributed by atoms with van der Waals surface area (Å²) in [6, 6.07) is 15.2. The van der Waals surface area contributed by atoms with Crippen molar-refractivity contribution < 1.29 is 14.3 Å². The predicted octanol–water partition coefficient (Wildman–Crippen LogP) is 3.82. The quantitative estimate of drug-likeness (QED) is 0.769. The van der Waals surface area contributed by atoms with Gasteiger partial charge in [0.2, 0.25) is 0 Å². The number of benzene rings is 2. The van der Waals surface area contributed by atoms with Gasteiger partial charge in [0, 0.05) is 12.1 Å². The van der Waals surface area contributed by atoms with Crippen LogP contribution < -0.4 is 9.47 Å². The largest absolute Gasteiger partial charge is 0.492 e. The molecule has 2 aliphatic heterocycles. The number of rotatable bonds is 5. The van der Waals surface area contributed by atoms with Gasteiger partial charge >= 0.3 is 0 Å². The van der Waals surface area contributed by atoms with E-state index in [-0.39, 0.29) is 5.78 Å². The van der Waals surface area contributed by atoms with Gasteiger partial charge in [0.1, 0.15) is 24.7 Å². The summed E-state index contributed by atoms with van der Waals surface area (Å²) >= 11 is 0.